The van der Waals surface area contributed by atoms with Crippen LogP contribution in [0.2, 0.25) is 0 Å². The largest absolute Gasteiger partial charge is 0.478 e. The van der Waals surface area contributed by atoms with Crippen molar-refractivity contribution in [2.75, 3.05) is 0 Å². The highest BCUT2D eigenvalue weighted by atomic mass is 16.4. The number of urea groups is 1. The van der Waals surface area contributed by atoms with E-state index in [-0.39, 0.29) is 24.7 Å². The van der Waals surface area contributed by atoms with Gasteiger partial charge < -0.3 is 15.7 Å². The van der Waals surface area contributed by atoms with E-state index in [4.69, 9.17) is 5.11 Å². The lowest BCUT2D eigenvalue weighted by Gasteiger charge is -2.07. The molecule has 1 heterocycles. The van der Waals surface area contributed by atoms with E-state index < -0.39 is 5.97 Å². The molecule has 0 aliphatic carbocycles. The molecule has 8 heteroatoms. The molecular weight excluding hydrogens is 334 g/mol. The van der Waals surface area contributed by atoms with E-state index in [9.17, 15) is 9.59 Å². The Hall–Kier alpha value is -3.68. The molecule has 2 amide bonds. The Morgan fingerprint density at radius 2 is 1.77 bits per heavy atom. The van der Waals surface area contributed by atoms with Crippen LogP contribution in [-0.4, -0.2) is 32.1 Å². The molecule has 0 atom stereocenters. The number of hydrogen-bond donors (Lipinski definition) is 3. The molecule has 26 heavy (non-hydrogen) atoms. The lowest BCUT2D eigenvalue weighted by molar-refractivity contribution is 0.0696. The summed E-state index contributed by atoms with van der Waals surface area (Å²) in [5.41, 5.74) is 2.39. The molecule has 3 rings (SSSR count). The van der Waals surface area contributed by atoms with Crippen LogP contribution in [0.1, 0.15) is 21.6 Å². The second-order valence-corrected chi connectivity index (χ2v) is 5.53. The zero-order valence-corrected chi connectivity index (χ0v) is 13.8. The van der Waals surface area contributed by atoms with Gasteiger partial charge in [-0.25, -0.2) is 14.3 Å². The average molecular weight is 351 g/mol. The number of carboxylic acid groups (broad SMARTS) is 1. The fraction of sp³-hybridized carbons (Fsp3) is 0.111. The normalized spacial score (nSPS) is 10.3. The molecule has 0 bridgehead atoms. The summed E-state index contributed by atoms with van der Waals surface area (Å²) >= 11 is 0. The predicted octanol–water partition coefficient (Wildman–Crippen LogP) is 1.96. The van der Waals surface area contributed by atoms with Crippen LogP contribution in [0.25, 0.3) is 5.69 Å². The number of nitrogens with one attached hydrogen (secondary N) is 2. The first-order chi connectivity index (χ1) is 12.6. The van der Waals surface area contributed by atoms with Crippen molar-refractivity contribution < 1.29 is 14.7 Å². The van der Waals surface area contributed by atoms with Crippen molar-refractivity contribution in [2.24, 2.45) is 0 Å². The van der Waals surface area contributed by atoms with Crippen LogP contribution >= 0.6 is 0 Å². The number of carboxylic acids is 1. The molecule has 0 saturated heterocycles. The van der Waals surface area contributed by atoms with Gasteiger partial charge in [0.1, 0.15) is 5.69 Å². The molecule has 0 aliphatic rings. The second kappa shape index (κ2) is 7.93. The first-order valence-corrected chi connectivity index (χ1v) is 7.92. The van der Waals surface area contributed by atoms with Crippen LogP contribution in [0.4, 0.5) is 4.79 Å². The maximum atomic E-state index is 11.9. The topological polar surface area (TPSA) is 109 Å². The third-order valence-corrected chi connectivity index (χ3v) is 3.62. The second-order valence-electron chi connectivity index (χ2n) is 5.53. The first kappa shape index (κ1) is 17.2. The highest BCUT2D eigenvalue weighted by Gasteiger charge is 2.07. The number of amides is 2. The Morgan fingerprint density at radius 3 is 2.54 bits per heavy atom. The standard InChI is InChI=1S/C18H17N5O3/c24-17(25)14-6-4-5-13(9-14)10-19-18(26)20-11-15-12-23(22-21-15)16-7-2-1-3-8-16/h1-9,12H,10-11H2,(H,24,25)(H2,19,20,26). The van der Waals surface area contributed by atoms with Gasteiger partial charge in [-0.05, 0) is 29.8 Å². The molecule has 3 N–H and O–H groups in total. The summed E-state index contributed by atoms with van der Waals surface area (Å²) in [7, 11) is 0. The molecule has 8 nitrogen and oxygen atoms in total. The Bertz CT molecular complexity index is 908. The Kier molecular flexibility index (Phi) is 5.23. The highest BCUT2D eigenvalue weighted by Crippen LogP contribution is 2.06. The number of benzene rings is 2. The van der Waals surface area contributed by atoms with Crippen LogP contribution in [0, 0.1) is 0 Å². The number of aromatic carboxylic acids is 1. The van der Waals surface area contributed by atoms with Gasteiger partial charge in [0.15, 0.2) is 0 Å². The van der Waals surface area contributed by atoms with Crippen molar-refractivity contribution in [2.45, 2.75) is 13.1 Å². The van der Waals surface area contributed by atoms with Crippen molar-refractivity contribution in [3.8, 4) is 5.69 Å². The Labute approximate surface area is 149 Å². The summed E-state index contributed by atoms with van der Waals surface area (Å²) in [5, 5.41) is 22.4. The van der Waals surface area contributed by atoms with E-state index in [1.54, 1.807) is 23.0 Å². The van der Waals surface area contributed by atoms with E-state index in [1.807, 2.05) is 30.3 Å². The molecule has 2 aromatic carbocycles. The quantitative estimate of drug-likeness (QED) is 0.629. The predicted molar refractivity (Wildman–Crippen MR) is 93.8 cm³/mol. The molecule has 132 valence electrons. The van der Waals surface area contributed by atoms with Crippen LogP contribution in [0.3, 0.4) is 0 Å². The summed E-state index contributed by atoms with van der Waals surface area (Å²) in [5.74, 6) is -1.00. The van der Waals surface area contributed by atoms with E-state index >= 15 is 0 Å². The van der Waals surface area contributed by atoms with Crippen LogP contribution in [0.5, 0.6) is 0 Å². The van der Waals surface area contributed by atoms with Crippen molar-refractivity contribution in [1.82, 2.24) is 25.6 Å². The number of aromatic nitrogens is 3. The van der Waals surface area contributed by atoms with Gasteiger partial charge in [-0.1, -0.05) is 35.5 Å². The Morgan fingerprint density at radius 1 is 1.00 bits per heavy atom. The van der Waals surface area contributed by atoms with Crippen molar-refractivity contribution >= 4 is 12.0 Å². The van der Waals surface area contributed by atoms with Crippen LogP contribution in [-0.2, 0) is 13.1 Å². The summed E-state index contributed by atoms with van der Waals surface area (Å²) < 4.78 is 1.63. The third kappa shape index (κ3) is 4.44. The molecule has 0 unspecified atom stereocenters. The monoisotopic (exact) mass is 351 g/mol. The first-order valence-electron chi connectivity index (χ1n) is 7.92. The number of rotatable bonds is 6. The van der Waals surface area contributed by atoms with Crippen LogP contribution in [0.15, 0.2) is 60.8 Å². The lowest BCUT2D eigenvalue weighted by atomic mass is 10.1. The number of carbonyl (C=O) groups is 2. The number of hydrogen-bond acceptors (Lipinski definition) is 4. The number of nitrogens with zero attached hydrogens (tertiary/aromatic N) is 3. The zero-order valence-electron chi connectivity index (χ0n) is 13.8. The van der Waals surface area contributed by atoms with E-state index in [0.717, 1.165) is 5.69 Å². The average Bonchev–Trinajstić information content (AvgIpc) is 3.15. The summed E-state index contributed by atoms with van der Waals surface area (Å²) in [6.07, 6.45) is 1.74. The minimum absolute atomic E-state index is 0.183. The molecule has 3 aromatic rings. The van der Waals surface area contributed by atoms with Gasteiger partial charge in [0.2, 0.25) is 0 Å². The Balaban J connectivity index is 1.49. The fourth-order valence-corrected chi connectivity index (χ4v) is 2.32. The number of carbonyl (C=O) groups excluding carboxylic acids is 1. The third-order valence-electron chi connectivity index (χ3n) is 3.62. The van der Waals surface area contributed by atoms with Gasteiger partial charge in [0.05, 0.1) is 24.0 Å². The molecule has 0 spiro atoms. The molecule has 0 radical (unpaired) electrons. The van der Waals surface area contributed by atoms with Gasteiger partial charge >= 0.3 is 12.0 Å². The van der Waals surface area contributed by atoms with E-state index in [2.05, 4.69) is 20.9 Å². The zero-order chi connectivity index (χ0) is 18.4. The van der Waals surface area contributed by atoms with E-state index in [0.29, 0.717) is 11.3 Å². The van der Waals surface area contributed by atoms with Gasteiger partial charge in [0, 0.05) is 6.54 Å². The van der Waals surface area contributed by atoms with Gasteiger partial charge in [-0.2, -0.15) is 0 Å². The smallest absolute Gasteiger partial charge is 0.335 e. The fourth-order valence-electron chi connectivity index (χ4n) is 2.32. The van der Waals surface area contributed by atoms with Gasteiger partial charge in [-0.15, -0.1) is 5.10 Å². The minimum atomic E-state index is -1.00. The molecule has 1 aromatic heterocycles. The van der Waals surface area contributed by atoms with Crippen molar-refractivity contribution in [3.63, 3.8) is 0 Å². The summed E-state index contributed by atoms with van der Waals surface area (Å²) in [6.45, 7) is 0.456. The summed E-state index contributed by atoms with van der Waals surface area (Å²) in [4.78, 5) is 22.8. The molecule has 0 aliphatic heterocycles. The minimum Gasteiger partial charge on any atom is -0.478 e. The maximum Gasteiger partial charge on any atom is 0.335 e. The molecule has 0 fully saturated rings. The maximum absolute atomic E-state index is 11.9. The van der Waals surface area contributed by atoms with Gasteiger partial charge in [0.25, 0.3) is 0 Å². The number of para-hydroxylation sites is 1. The SMILES string of the molecule is O=C(NCc1cccc(C(=O)O)c1)NCc1cn(-c2ccccc2)nn1. The highest BCUT2D eigenvalue weighted by molar-refractivity contribution is 5.87. The molecule has 0 saturated carbocycles. The van der Waals surface area contributed by atoms with Crippen molar-refractivity contribution in [3.05, 3.63) is 77.6 Å². The summed E-state index contributed by atoms with van der Waals surface area (Å²) in [6, 6.07) is 15.6. The van der Waals surface area contributed by atoms with E-state index in [1.165, 1.54) is 12.1 Å². The lowest BCUT2D eigenvalue weighted by Crippen LogP contribution is -2.34. The van der Waals surface area contributed by atoms with Crippen molar-refractivity contribution in [1.29, 1.82) is 0 Å². The van der Waals surface area contributed by atoms with Gasteiger partial charge in [-0.3, -0.25) is 0 Å². The molecular formula is C18H17N5O3. The van der Waals surface area contributed by atoms with Crippen LogP contribution < -0.4 is 10.6 Å².